The van der Waals surface area contributed by atoms with E-state index in [1.54, 1.807) is 0 Å². The van der Waals surface area contributed by atoms with Crippen molar-refractivity contribution in [3.8, 4) is 0 Å². The van der Waals surface area contributed by atoms with E-state index < -0.39 is 0 Å². The normalized spacial score (nSPS) is 15.3. The van der Waals surface area contributed by atoms with Crippen LogP contribution in [0.3, 0.4) is 0 Å². The predicted molar refractivity (Wildman–Crippen MR) is 81.8 cm³/mol. The van der Waals surface area contributed by atoms with Crippen molar-refractivity contribution in [2.75, 3.05) is 0 Å². The summed E-state index contributed by atoms with van der Waals surface area (Å²) in [5.74, 6) is 0. The molecule has 2 aromatic rings. The largest absolute Gasteiger partial charge is 0.372 e. The lowest BCUT2D eigenvalue weighted by molar-refractivity contribution is 0.134. The van der Waals surface area contributed by atoms with Gasteiger partial charge in [-0.1, -0.05) is 57.9 Å². The Morgan fingerprint density at radius 2 is 1.95 bits per heavy atom. The van der Waals surface area contributed by atoms with Gasteiger partial charge in [0.15, 0.2) is 0 Å². The van der Waals surface area contributed by atoms with E-state index in [0.29, 0.717) is 4.83 Å². The van der Waals surface area contributed by atoms with E-state index in [1.165, 1.54) is 22.3 Å². The molecule has 3 heteroatoms. The molecular weight excluding hydrogens is 324 g/mol. The van der Waals surface area contributed by atoms with Gasteiger partial charge in [-0.25, -0.2) is 0 Å². The van der Waals surface area contributed by atoms with Gasteiger partial charge in [-0.3, -0.25) is 0 Å². The Balaban J connectivity index is 1.78. The molecule has 1 heterocycles. The third kappa shape index (κ3) is 3.02. The maximum atomic E-state index is 6.02. The molecule has 2 aromatic carbocycles. The Hall–Kier alpha value is -0.830. The summed E-state index contributed by atoms with van der Waals surface area (Å²) in [6.45, 7) is 1.48. The summed E-state index contributed by atoms with van der Waals surface area (Å²) in [6, 6.07) is 14.6. The van der Waals surface area contributed by atoms with Gasteiger partial charge >= 0.3 is 0 Å². The molecule has 1 aliphatic heterocycles. The van der Waals surface area contributed by atoms with Gasteiger partial charge in [0.25, 0.3) is 0 Å². The molecule has 0 bridgehead atoms. The molecule has 19 heavy (non-hydrogen) atoms. The van der Waals surface area contributed by atoms with E-state index in [1.807, 2.05) is 18.2 Å². The molecule has 0 spiro atoms. The first-order chi connectivity index (χ1) is 9.22. The number of hydrogen-bond donors (Lipinski definition) is 0. The van der Waals surface area contributed by atoms with Crippen LogP contribution in [0.5, 0.6) is 0 Å². The highest BCUT2D eigenvalue weighted by Gasteiger charge is 2.15. The second kappa shape index (κ2) is 5.66. The fraction of sp³-hybridized carbons (Fsp3) is 0.250. The van der Waals surface area contributed by atoms with Gasteiger partial charge in [0, 0.05) is 9.85 Å². The molecule has 1 aliphatic rings. The zero-order chi connectivity index (χ0) is 13.2. The van der Waals surface area contributed by atoms with E-state index in [-0.39, 0.29) is 0 Å². The Morgan fingerprint density at radius 1 is 1.11 bits per heavy atom. The van der Waals surface area contributed by atoms with E-state index in [9.17, 15) is 0 Å². The Kier molecular flexibility index (Phi) is 3.92. The second-order valence-corrected chi connectivity index (χ2v) is 6.36. The average molecular weight is 338 g/mol. The van der Waals surface area contributed by atoms with Crippen molar-refractivity contribution >= 4 is 27.5 Å². The van der Waals surface area contributed by atoms with Gasteiger partial charge in [0.1, 0.15) is 0 Å². The first-order valence-electron chi connectivity index (χ1n) is 6.30. The Morgan fingerprint density at radius 3 is 2.79 bits per heavy atom. The van der Waals surface area contributed by atoms with E-state index in [0.717, 1.165) is 24.7 Å². The van der Waals surface area contributed by atoms with E-state index in [4.69, 9.17) is 16.3 Å². The summed E-state index contributed by atoms with van der Waals surface area (Å²) in [4.78, 5) is 0.303. The minimum absolute atomic E-state index is 0.303. The summed E-state index contributed by atoms with van der Waals surface area (Å²) in [6.07, 6.45) is 0.931. The number of benzene rings is 2. The van der Waals surface area contributed by atoms with E-state index in [2.05, 4.69) is 40.2 Å². The smallest absolute Gasteiger partial charge is 0.0725 e. The molecule has 0 fully saturated rings. The molecule has 0 aromatic heterocycles. The van der Waals surface area contributed by atoms with Gasteiger partial charge in [-0.15, -0.1) is 0 Å². The quantitative estimate of drug-likeness (QED) is 0.712. The minimum Gasteiger partial charge on any atom is -0.372 e. The van der Waals surface area contributed by atoms with Gasteiger partial charge in [0.2, 0.25) is 0 Å². The predicted octanol–water partition coefficient (Wildman–Crippen LogP) is 5.05. The molecule has 0 radical (unpaired) electrons. The molecule has 0 amide bonds. The summed E-state index contributed by atoms with van der Waals surface area (Å²) >= 11 is 9.79. The zero-order valence-electron chi connectivity index (χ0n) is 10.4. The minimum atomic E-state index is 0.303. The van der Waals surface area contributed by atoms with Gasteiger partial charge in [-0.2, -0.15) is 0 Å². The SMILES string of the molecule is Clc1cccc(CC(Br)c2ccc3c(c2)COC3)c1. The summed E-state index contributed by atoms with van der Waals surface area (Å²) in [5, 5.41) is 0.791. The molecule has 1 atom stereocenters. The first kappa shape index (κ1) is 13.2. The van der Waals surface area contributed by atoms with Gasteiger partial charge in [0.05, 0.1) is 13.2 Å². The number of rotatable bonds is 3. The summed E-state index contributed by atoms with van der Waals surface area (Å²) in [7, 11) is 0. The standard InChI is InChI=1S/C16H14BrClO/c17-16(7-11-2-1-3-15(18)6-11)12-4-5-13-9-19-10-14(13)8-12/h1-6,8,16H,7,9-10H2. The van der Waals surface area contributed by atoms with Crippen molar-refractivity contribution in [2.45, 2.75) is 24.5 Å². The topological polar surface area (TPSA) is 9.23 Å². The van der Waals surface area contributed by atoms with Crippen LogP contribution in [0, 0.1) is 0 Å². The monoisotopic (exact) mass is 336 g/mol. The Bertz CT molecular complexity index is 597. The number of fused-ring (bicyclic) bond motifs is 1. The van der Waals surface area contributed by atoms with Crippen LogP contribution in [0.25, 0.3) is 0 Å². The summed E-state index contributed by atoms with van der Waals surface area (Å²) < 4.78 is 5.45. The second-order valence-electron chi connectivity index (χ2n) is 4.82. The first-order valence-corrected chi connectivity index (χ1v) is 7.60. The van der Waals surface area contributed by atoms with Crippen LogP contribution < -0.4 is 0 Å². The molecule has 0 saturated heterocycles. The Labute approximate surface area is 126 Å². The van der Waals surface area contributed by atoms with Gasteiger partial charge in [-0.05, 0) is 40.8 Å². The van der Waals surface area contributed by atoms with Crippen LogP contribution in [0.1, 0.15) is 27.1 Å². The molecule has 0 aliphatic carbocycles. The molecule has 0 saturated carbocycles. The molecule has 3 rings (SSSR count). The van der Waals surface area contributed by atoms with Crippen LogP contribution in [-0.2, 0) is 24.4 Å². The van der Waals surface area contributed by atoms with Crippen LogP contribution in [0.2, 0.25) is 5.02 Å². The third-order valence-corrected chi connectivity index (χ3v) is 4.50. The van der Waals surface area contributed by atoms with Crippen LogP contribution in [0.15, 0.2) is 42.5 Å². The maximum absolute atomic E-state index is 6.02. The number of halogens is 2. The lowest BCUT2D eigenvalue weighted by Crippen LogP contribution is -1.97. The number of ether oxygens (including phenoxy) is 1. The third-order valence-electron chi connectivity index (χ3n) is 3.41. The number of alkyl halides is 1. The number of hydrogen-bond acceptors (Lipinski definition) is 1. The molecule has 98 valence electrons. The van der Waals surface area contributed by atoms with Gasteiger partial charge < -0.3 is 4.74 Å². The van der Waals surface area contributed by atoms with Crippen LogP contribution >= 0.6 is 27.5 Å². The van der Waals surface area contributed by atoms with Crippen LogP contribution in [0.4, 0.5) is 0 Å². The lowest BCUT2D eigenvalue weighted by atomic mass is 10.0. The highest BCUT2D eigenvalue weighted by Crippen LogP contribution is 2.31. The summed E-state index contributed by atoms with van der Waals surface area (Å²) in [5.41, 5.74) is 5.16. The highest BCUT2D eigenvalue weighted by atomic mass is 79.9. The van der Waals surface area contributed by atoms with Crippen molar-refractivity contribution in [1.82, 2.24) is 0 Å². The lowest BCUT2D eigenvalue weighted by Gasteiger charge is -2.12. The molecule has 0 N–H and O–H groups in total. The van der Waals surface area contributed by atoms with Crippen molar-refractivity contribution in [3.05, 3.63) is 69.7 Å². The van der Waals surface area contributed by atoms with Crippen LogP contribution in [-0.4, -0.2) is 0 Å². The van der Waals surface area contributed by atoms with Crippen molar-refractivity contribution in [3.63, 3.8) is 0 Å². The van der Waals surface area contributed by atoms with E-state index >= 15 is 0 Å². The van der Waals surface area contributed by atoms with Crippen molar-refractivity contribution in [2.24, 2.45) is 0 Å². The zero-order valence-corrected chi connectivity index (χ0v) is 12.7. The molecule has 1 nitrogen and oxygen atoms in total. The maximum Gasteiger partial charge on any atom is 0.0725 e. The fourth-order valence-corrected chi connectivity index (χ4v) is 3.25. The average Bonchev–Trinajstić information content (AvgIpc) is 2.85. The fourth-order valence-electron chi connectivity index (χ4n) is 2.38. The van der Waals surface area contributed by atoms with Crippen molar-refractivity contribution < 1.29 is 4.74 Å². The molecular formula is C16H14BrClO. The molecule has 1 unspecified atom stereocenters. The van der Waals surface area contributed by atoms with Crippen molar-refractivity contribution in [1.29, 1.82) is 0 Å². The highest BCUT2D eigenvalue weighted by molar-refractivity contribution is 9.09.